The molecule has 2 heterocycles. The second-order valence-corrected chi connectivity index (χ2v) is 6.98. The first-order valence-corrected chi connectivity index (χ1v) is 8.66. The van der Waals surface area contributed by atoms with Crippen LogP contribution in [0.15, 0.2) is 12.1 Å². The van der Waals surface area contributed by atoms with Crippen LogP contribution >= 0.6 is 11.6 Å². The Balaban J connectivity index is 1.88. The summed E-state index contributed by atoms with van der Waals surface area (Å²) in [6.07, 6.45) is 4.05. The molecule has 1 saturated heterocycles. The van der Waals surface area contributed by atoms with Gasteiger partial charge in [0.05, 0.1) is 16.3 Å². The predicted molar refractivity (Wildman–Crippen MR) is 98.1 cm³/mol. The molecule has 2 aromatic rings. The number of anilines is 3. The summed E-state index contributed by atoms with van der Waals surface area (Å²) in [5, 5.41) is 0.466. The number of aromatic nitrogens is 2. The zero-order valence-electron chi connectivity index (χ0n) is 13.4. The van der Waals surface area contributed by atoms with Gasteiger partial charge in [-0.2, -0.15) is 0 Å². The summed E-state index contributed by atoms with van der Waals surface area (Å²) in [6, 6.07) is 3.64. The van der Waals surface area contributed by atoms with Gasteiger partial charge in [0.2, 0.25) is 0 Å². The molecule has 1 aliphatic heterocycles. The van der Waals surface area contributed by atoms with Crippen LogP contribution in [0.1, 0.15) is 24.1 Å². The van der Waals surface area contributed by atoms with Gasteiger partial charge >= 0.3 is 0 Å². The Hall–Kier alpha value is -2.05. The topological polar surface area (TPSA) is 107 Å². The Bertz CT molecular complexity index is 806. The van der Waals surface area contributed by atoms with Gasteiger partial charge in [-0.25, -0.2) is 9.97 Å². The highest BCUT2D eigenvalue weighted by atomic mass is 35.5. The van der Waals surface area contributed by atoms with E-state index < -0.39 is 0 Å². The Morgan fingerprint density at radius 2 is 2.00 bits per heavy atom. The molecule has 0 saturated carbocycles. The Morgan fingerprint density at radius 1 is 1.17 bits per heavy atom. The van der Waals surface area contributed by atoms with Crippen LogP contribution in [0.5, 0.6) is 0 Å². The lowest BCUT2D eigenvalue weighted by Crippen LogP contribution is -2.28. The number of rotatable bonds is 2. The third-order valence-electron chi connectivity index (χ3n) is 4.88. The molecule has 6 N–H and O–H groups in total. The van der Waals surface area contributed by atoms with Crippen molar-refractivity contribution in [2.24, 2.45) is 5.73 Å². The van der Waals surface area contributed by atoms with E-state index in [-0.39, 0.29) is 6.04 Å². The Labute approximate surface area is 146 Å². The molecule has 0 radical (unpaired) electrons. The molecule has 1 aliphatic carbocycles. The van der Waals surface area contributed by atoms with Crippen LogP contribution in [-0.4, -0.2) is 29.1 Å². The van der Waals surface area contributed by atoms with Crippen LogP contribution < -0.4 is 22.1 Å². The van der Waals surface area contributed by atoms with Gasteiger partial charge in [-0.15, -0.1) is 0 Å². The third-order valence-corrected chi connectivity index (χ3v) is 5.21. The Kier molecular flexibility index (Phi) is 3.73. The van der Waals surface area contributed by atoms with Gasteiger partial charge in [0.1, 0.15) is 5.82 Å². The van der Waals surface area contributed by atoms with Crippen molar-refractivity contribution < 1.29 is 0 Å². The lowest BCUT2D eigenvalue weighted by Gasteiger charge is -2.21. The van der Waals surface area contributed by atoms with E-state index in [9.17, 15) is 0 Å². The normalized spacial score (nSPS) is 19.8. The average Bonchev–Trinajstić information content (AvgIpc) is 3.19. The van der Waals surface area contributed by atoms with Crippen molar-refractivity contribution in [3.63, 3.8) is 0 Å². The van der Waals surface area contributed by atoms with E-state index in [4.69, 9.17) is 38.8 Å². The molecule has 4 rings (SSSR count). The van der Waals surface area contributed by atoms with E-state index in [1.165, 1.54) is 5.56 Å². The summed E-state index contributed by atoms with van der Waals surface area (Å²) in [5.41, 5.74) is 22.3. The van der Waals surface area contributed by atoms with Crippen LogP contribution in [0.3, 0.4) is 0 Å². The number of benzene rings is 1. The number of hydrogen-bond donors (Lipinski definition) is 3. The van der Waals surface area contributed by atoms with Crippen molar-refractivity contribution in [3.05, 3.63) is 28.4 Å². The molecule has 0 amide bonds. The first kappa shape index (κ1) is 15.5. The number of nitrogen functional groups attached to an aromatic ring is 2. The molecule has 24 heavy (non-hydrogen) atoms. The molecule has 126 valence electrons. The van der Waals surface area contributed by atoms with Gasteiger partial charge in [0.25, 0.3) is 0 Å². The quantitative estimate of drug-likeness (QED) is 0.719. The highest BCUT2D eigenvalue weighted by molar-refractivity contribution is 6.34. The van der Waals surface area contributed by atoms with Crippen LogP contribution in [0, 0.1) is 0 Å². The fraction of sp³-hybridized carbons (Fsp3) is 0.412. The molecule has 0 bridgehead atoms. The van der Waals surface area contributed by atoms with Crippen molar-refractivity contribution in [2.45, 2.75) is 31.7 Å². The molecule has 1 fully saturated rings. The van der Waals surface area contributed by atoms with Gasteiger partial charge in [-0.05, 0) is 37.8 Å². The number of nitrogens with zero attached hydrogens (tertiary/aromatic N) is 3. The minimum atomic E-state index is 0.196. The first-order valence-electron chi connectivity index (χ1n) is 8.28. The van der Waals surface area contributed by atoms with Crippen LogP contribution in [0.25, 0.3) is 11.4 Å². The predicted octanol–water partition coefficient (Wildman–Crippen LogP) is 1.99. The summed E-state index contributed by atoms with van der Waals surface area (Å²) < 4.78 is 0. The van der Waals surface area contributed by atoms with Crippen LogP contribution in [-0.2, 0) is 12.8 Å². The number of hydrogen-bond acceptors (Lipinski definition) is 6. The number of fused-ring (bicyclic) bond motifs is 1. The molecule has 1 atom stereocenters. The average molecular weight is 345 g/mol. The number of halogens is 1. The maximum atomic E-state index is 6.18. The van der Waals surface area contributed by atoms with Gasteiger partial charge < -0.3 is 22.1 Å². The Morgan fingerprint density at radius 3 is 2.75 bits per heavy atom. The fourth-order valence-electron chi connectivity index (χ4n) is 3.63. The van der Waals surface area contributed by atoms with Crippen molar-refractivity contribution in [1.82, 2.24) is 9.97 Å². The summed E-state index contributed by atoms with van der Waals surface area (Å²) in [7, 11) is 0. The maximum absolute atomic E-state index is 6.18. The molecular formula is C17H21ClN6. The smallest absolute Gasteiger partial charge is 0.166 e. The minimum absolute atomic E-state index is 0.196. The highest BCUT2D eigenvalue weighted by Gasteiger charge is 2.28. The minimum Gasteiger partial charge on any atom is -0.398 e. The SMILES string of the molecule is Nc1ccc(Cl)c(N)c1-c1nc2c(c(N3CCC(N)C3)n1)CCC2. The molecule has 1 unspecified atom stereocenters. The first-order chi connectivity index (χ1) is 11.5. The van der Waals surface area contributed by atoms with E-state index in [1.807, 2.05) is 0 Å². The maximum Gasteiger partial charge on any atom is 0.166 e. The van der Waals surface area contributed by atoms with E-state index in [0.717, 1.165) is 50.3 Å². The van der Waals surface area contributed by atoms with Crippen LogP contribution in [0.4, 0.5) is 17.2 Å². The molecule has 0 spiro atoms. The van der Waals surface area contributed by atoms with E-state index in [0.29, 0.717) is 27.8 Å². The summed E-state index contributed by atoms with van der Waals surface area (Å²) >= 11 is 6.18. The van der Waals surface area contributed by atoms with Crippen molar-refractivity contribution in [3.8, 4) is 11.4 Å². The molecule has 6 nitrogen and oxygen atoms in total. The van der Waals surface area contributed by atoms with Gasteiger partial charge in [0, 0.05) is 36.1 Å². The summed E-state index contributed by atoms with van der Waals surface area (Å²) in [5.74, 6) is 1.54. The van der Waals surface area contributed by atoms with Gasteiger partial charge in [-0.3, -0.25) is 0 Å². The van der Waals surface area contributed by atoms with E-state index in [2.05, 4.69) is 4.90 Å². The lowest BCUT2D eigenvalue weighted by molar-refractivity contribution is 0.751. The standard InChI is InChI=1S/C17H21ClN6/c18-11-4-5-12(20)14(15(11)21)16-22-13-3-1-2-10(13)17(23-16)24-7-6-9(19)8-24/h4-5,9H,1-3,6-8,19-21H2. The van der Waals surface area contributed by atoms with E-state index >= 15 is 0 Å². The van der Waals surface area contributed by atoms with Crippen LogP contribution in [0.2, 0.25) is 5.02 Å². The molecule has 2 aliphatic rings. The molecule has 1 aromatic carbocycles. The second kappa shape index (κ2) is 5.79. The van der Waals surface area contributed by atoms with Gasteiger partial charge in [-0.1, -0.05) is 11.6 Å². The number of aryl methyl sites for hydroxylation is 1. The number of nitrogens with two attached hydrogens (primary N) is 3. The molecule has 1 aromatic heterocycles. The zero-order valence-corrected chi connectivity index (χ0v) is 14.2. The molecular weight excluding hydrogens is 324 g/mol. The second-order valence-electron chi connectivity index (χ2n) is 6.57. The fourth-order valence-corrected chi connectivity index (χ4v) is 3.78. The van der Waals surface area contributed by atoms with Crippen molar-refractivity contribution in [1.29, 1.82) is 0 Å². The van der Waals surface area contributed by atoms with Crippen molar-refractivity contribution in [2.75, 3.05) is 29.5 Å². The van der Waals surface area contributed by atoms with E-state index in [1.54, 1.807) is 12.1 Å². The zero-order chi connectivity index (χ0) is 16.8. The summed E-state index contributed by atoms with van der Waals surface area (Å²) in [6.45, 7) is 1.74. The third kappa shape index (κ3) is 2.46. The largest absolute Gasteiger partial charge is 0.398 e. The van der Waals surface area contributed by atoms with Crippen molar-refractivity contribution >= 4 is 28.8 Å². The summed E-state index contributed by atoms with van der Waals surface area (Å²) in [4.78, 5) is 11.8. The molecule has 7 heteroatoms. The monoisotopic (exact) mass is 344 g/mol. The highest BCUT2D eigenvalue weighted by Crippen LogP contribution is 2.38. The lowest BCUT2D eigenvalue weighted by atomic mass is 10.1. The van der Waals surface area contributed by atoms with Gasteiger partial charge in [0.15, 0.2) is 5.82 Å².